The summed E-state index contributed by atoms with van der Waals surface area (Å²) in [6, 6.07) is 2.85. The van der Waals surface area contributed by atoms with Crippen LogP contribution in [0.15, 0.2) is 15.9 Å². The van der Waals surface area contributed by atoms with Crippen molar-refractivity contribution in [2.75, 3.05) is 26.2 Å². The molecule has 2 saturated heterocycles. The summed E-state index contributed by atoms with van der Waals surface area (Å²) in [5.41, 5.74) is 0.555. The molecular formula is C15H23BrN2S. The summed E-state index contributed by atoms with van der Waals surface area (Å²) in [5.74, 6) is 0. The Morgan fingerprint density at radius 2 is 2.26 bits per heavy atom. The Labute approximate surface area is 128 Å². The number of nitrogens with zero attached hydrogens (tertiary/aromatic N) is 1. The van der Waals surface area contributed by atoms with Gasteiger partial charge in [0.2, 0.25) is 0 Å². The van der Waals surface area contributed by atoms with Crippen molar-refractivity contribution in [2.24, 2.45) is 5.41 Å². The van der Waals surface area contributed by atoms with Gasteiger partial charge in [0.15, 0.2) is 0 Å². The molecule has 1 aromatic rings. The van der Waals surface area contributed by atoms with Crippen molar-refractivity contribution < 1.29 is 0 Å². The van der Waals surface area contributed by atoms with Gasteiger partial charge in [0, 0.05) is 33.9 Å². The van der Waals surface area contributed by atoms with Crippen LogP contribution in [0, 0.1) is 5.41 Å². The summed E-state index contributed by atoms with van der Waals surface area (Å²) < 4.78 is 1.23. The zero-order chi connectivity index (χ0) is 13.3. The molecule has 0 amide bonds. The standard InChI is InChI=1S/C15H23BrN2S/c1-12(14-8-13(16)9-19-14)18-7-3-5-15(11-18)4-2-6-17-10-15/h8-9,12,17H,2-7,10-11H2,1H3. The highest BCUT2D eigenvalue weighted by atomic mass is 79.9. The molecule has 2 nitrogen and oxygen atoms in total. The van der Waals surface area contributed by atoms with Crippen molar-refractivity contribution in [1.29, 1.82) is 0 Å². The van der Waals surface area contributed by atoms with Gasteiger partial charge in [-0.05, 0) is 73.1 Å². The molecule has 0 radical (unpaired) electrons. The van der Waals surface area contributed by atoms with Gasteiger partial charge in [-0.1, -0.05) is 0 Å². The van der Waals surface area contributed by atoms with Crippen molar-refractivity contribution in [3.63, 3.8) is 0 Å². The quantitative estimate of drug-likeness (QED) is 0.872. The highest BCUT2D eigenvalue weighted by molar-refractivity contribution is 9.10. The molecule has 0 aliphatic carbocycles. The van der Waals surface area contributed by atoms with Crippen molar-refractivity contribution >= 4 is 27.3 Å². The van der Waals surface area contributed by atoms with Crippen LogP contribution in [0.5, 0.6) is 0 Å². The molecule has 3 heterocycles. The van der Waals surface area contributed by atoms with Gasteiger partial charge in [-0.3, -0.25) is 4.90 Å². The number of piperidine rings is 2. The fourth-order valence-electron chi connectivity index (χ4n) is 3.68. The topological polar surface area (TPSA) is 15.3 Å². The zero-order valence-corrected chi connectivity index (χ0v) is 14.0. The Kier molecular flexibility index (Phi) is 4.32. The largest absolute Gasteiger partial charge is 0.316 e. The van der Waals surface area contributed by atoms with Crippen LogP contribution >= 0.6 is 27.3 Å². The summed E-state index contributed by atoms with van der Waals surface area (Å²) in [6.45, 7) is 7.35. The van der Waals surface area contributed by atoms with Crippen LogP contribution in [0.2, 0.25) is 0 Å². The fraction of sp³-hybridized carbons (Fsp3) is 0.733. The van der Waals surface area contributed by atoms with Gasteiger partial charge in [0.25, 0.3) is 0 Å². The maximum atomic E-state index is 3.62. The number of likely N-dealkylation sites (tertiary alicyclic amines) is 1. The number of hydrogen-bond donors (Lipinski definition) is 1. The molecule has 2 atom stereocenters. The SMILES string of the molecule is CC(c1cc(Br)cs1)N1CCCC2(CCCNC2)C1. The van der Waals surface area contributed by atoms with Gasteiger partial charge >= 0.3 is 0 Å². The normalized spacial score (nSPS) is 30.6. The Bertz CT molecular complexity index is 420. The van der Waals surface area contributed by atoms with E-state index < -0.39 is 0 Å². The second-order valence-electron chi connectivity index (χ2n) is 6.20. The molecule has 2 unspecified atom stereocenters. The maximum Gasteiger partial charge on any atom is 0.0413 e. The van der Waals surface area contributed by atoms with E-state index in [9.17, 15) is 0 Å². The average Bonchev–Trinajstić information content (AvgIpc) is 2.85. The molecule has 3 rings (SSSR count). The van der Waals surface area contributed by atoms with Crippen molar-refractivity contribution in [3.8, 4) is 0 Å². The molecule has 19 heavy (non-hydrogen) atoms. The molecule has 4 heteroatoms. The third-order valence-electron chi connectivity index (χ3n) is 4.80. The van der Waals surface area contributed by atoms with E-state index in [1.165, 1.54) is 61.2 Å². The Balaban J connectivity index is 1.70. The predicted octanol–water partition coefficient (Wildman–Crippen LogP) is 4.04. The highest BCUT2D eigenvalue weighted by Gasteiger charge is 2.38. The van der Waals surface area contributed by atoms with Crippen LogP contribution in [-0.2, 0) is 0 Å². The minimum absolute atomic E-state index is 0.555. The van der Waals surface area contributed by atoms with Gasteiger partial charge in [-0.15, -0.1) is 11.3 Å². The lowest BCUT2D eigenvalue weighted by atomic mass is 9.74. The molecule has 106 valence electrons. The first-order valence-corrected chi connectivity index (χ1v) is 9.05. The van der Waals surface area contributed by atoms with Gasteiger partial charge in [-0.2, -0.15) is 0 Å². The van der Waals surface area contributed by atoms with E-state index in [1.807, 2.05) is 11.3 Å². The summed E-state index contributed by atoms with van der Waals surface area (Å²) in [5, 5.41) is 5.82. The number of hydrogen-bond acceptors (Lipinski definition) is 3. The van der Waals surface area contributed by atoms with Gasteiger partial charge in [0.05, 0.1) is 0 Å². The molecule has 0 saturated carbocycles. The highest BCUT2D eigenvalue weighted by Crippen LogP contribution is 2.39. The monoisotopic (exact) mass is 342 g/mol. The van der Waals surface area contributed by atoms with E-state index >= 15 is 0 Å². The Morgan fingerprint density at radius 3 is 2.95 bits per heavy atom. The summed E-state index contributed by atoms with van der Waals surface area (Å²) in [4.78, 5) is 4.20. The minimum atomic E-state index is 0.555. The van der Waals surface area contributed by atoms with Crippen molar-refractivity contribution in [3.05, 3.63) is 20.8 Å². The first-order chi connectivity index (χ1) is 9.19. The van der Waals surface area contributed by atoms with E-state index in [4.69, 9.17) is 0 Å². The lowest BCUT2D eigenvalue weighted by molar-refractivity contribution is 0.0424. The van der Waals surface area contributed by atoms with E-state index in [0.717, 1.165) is 0 Å². The maximum absolute atomic E-state index is 3.62. The minimum Gasteiger partial charge on any atom is -0.316 e. The molecule has 0 bridgehead atoms. The smallest absolute Gasteiger partial charge is 0.0413 e. The first kappa shape index (κ1) is 14.1. The first-order valence-electron chi connectivity index (χ1n) is 7.37. The molecule has 2 aliphatic heterocycles. The Hall–Kier alpha value is 0.1000. The molecule has 1 N–H and O–H groups in total. The Morgan fingerprint density at radius 1 is 1.42 bits per heavy atom. The number of halogens is 1. The van der Waals surface area contributed by atoms with Gasteiger partial charge in [0.1, 0.15) is 0 Å². The third-order valence-corrected chi connectivity index (χ3v) is 6.66. The lowest BCUT2D eigenvalue weighted by Gasteiger charge is -2.47. The van der Waals surface area contributed by atoms with Crippen LogP contribution in [0.4, 0.5) is 0 Å². The lowest BCUT2D eigenvalue weighted by Crippen LogP contribution is -2.51. The average molecular weight is 343 g/mol. The van der Waals surface area contributed by atoms with Crippen LogP contribution in [0.3, 0.4) is 0 Å². The number of rotatable bonds is 2. The molecule has 0 aromatic carbocycles. The van der Waals surface area contributed by atoms with Crippen molar-refractivity contribution in [1.82, 2.24) is 10.2 Å². The second kappa shape index (κ2) is 5.84. The fourth-order valence-corrected chi connectivity index (χ4v) is 5.22. The van der Waals surface area contributed by atoms with Crippen LogP contribution in [-0.4, -0.2) is 31.1 Å². The second-order valence-corrected chi connectivity index (χ2v) is 8.06. The third kappa shape index (κ3) is 3.07. The molecule has 2 fully saturated rings. The number of thiophene rings is 1. The van der Waals surface area contributed by atoms with Crippen molar-refractivity contribution in [2.45, 2.75) is 38.6 Å². The molecular weight excluding hydrogens is 320 g/mol. The van der Waals surface area contributed by atoms with Gasteiger partial charge < -0.3 is 5.32 Å². The summed E-state index contributed by atoms with van der Waals surface area (Å²) in [7, 11) is 0. The summed E-state index contributed by atoms with van der Waals surface area (Å²) in [6.07, 6.45) is 5.54. The number of nitrogens with one attached hydrogen (secondary N) is 1. The predicted molar refractivity (Wildman–Crippen MR) is 85.8 cm³/mol. The molecule has 1 spiro atoms. The van der Waals surface area contributed by atoms with E-state index in [-0.39, 0.29) is 0 Å². The van der Waals surface area contributed by atoms with Crippen LogP contribution in [0.25, 0.3) is 0 Å². The van der Waals surface area contributed by atoms with Crippen LogP contribution < -0.4 is 5.32 Å². The summed E-state index contributed by atoms with van der Waals surface area (Å²) >= 11 is 5.46. The van der Waals surface area contributed by atoms with E-state index in [2.05, 4.69) is 44.5 Å². The molecule has 1 aromatic heterocycles. The zero-order valence-electron chi connectivity index (χ0n) is 11.6. The molecule has 2 aliphatic rings. The van der Waals surface area contributed by atoms with E-state index in [1.54, 1.807) is 0 Å². The van der Waals surface area contributed by atoms with Crippen LogP contribution in [0.1, 0.15) is 43.5 Å². The van der Waals surface area contributed by atoms with Gasteiger partial charge in [-0.25, -0.2) is 0 Å². The van der Waals surface area contributed by atoms with E-state index in [0.29, 0.717) is 11.5 Å².